The molecule has 0 fully saturated rings. The van der Waals surface area contributed by atoms with E-state index in [1.54, 1.807) is 7.11 Å². The molecule has 0 bridgehead atoms. The molecule has 0 saturated heterocycles. The zero-order valence-corrected chi connectivity index (χ0v) is 11.7. The maximum atomic E-state index is 5.93. The predicted molar refractivity (Wildman–Crippen MR) is 76.1 cm³/mol. The van der Waals surface area contributed by atoms with Crippen LogP contribution in [0.2, 0.25) is 5.02 Å². The molecule has 2 rings (SSSR count). The van der Waals surface area contributed by atoms with E-state index in [-0.39, 0.29) is 0 Å². The molecule has 1 atom stereocenters. The lowest BCUT2D eigenvalue weighted by atomic mass is 9.87. The molecule has 0 N–H and O–H groups in total. The zero-order chi connectivity index (χ0) is 13.2. The Balaban J connectivity index is 2.47. The van der Waals surface area contributed by atoms with Crippen LogP contribution in [0.3, 0.4) is 0 Å². The molecule has 0 heterocycles. The number of hydrogen-bond acceptors (Lipinski definition) is 1. The molecule has 94 valence electrons. The monoisotopic (exact) mass is 260 g/mol. The number of aryl methyl sites for hydroxylation is 1. The molecule has 2 aromatic carbocycles. The van der Waals surface area contributed by atoms with Gasteiger partial charge in [0.25, 0.3) is 0 Å². The lowest BCUT2D eigenvalue weighted by Crippen LogP contribution is -2.25. The van der Waals surface area contributed by atoms with Crippen LogP contribution in [0.4, 0.5) is 0 Å². The summed E-state index contributed by atoms with van der Waals surface area (Å²) in [6.45, 7) is 4.15. The largest absolute Gasteiger partial charge is 0.369 e. The van der Waals surface area contributed by atoms with Gasteiger partial charge in [0, 0.05) is 12.1 Å². The summed E-state index contributed by atoms with van der Waals surface area (Å²) >= 11 is 5.93. The van der Waals surface area contributed by atoms with Crippen LogP contribution in [0.1, 0.15) is 23.6 Å². The van der Waals surface area contributed by atoms with Gasteiger partial charge in [-0.1, -0.05) is 53.6 Å². The second kappa shape index (κ2) is 5.13. The Bertz CT molecular complexity index is 468. The summed E-state index contributed by atoms with van der Waals surface area (Å²) in [7, 11) is 1.73. The van der Waals surface area contributed by atoms with Gasteiger partial charge in [0.2, 0.25) is 0 Å². The normalized spacial score (nSPS) is 14.2. The van der Waals surface area contributed by atoms with Gasteiger partial charge in [0.1, 0.15) is 5.60 Å². The van der Waals surface area contributed by atoms with Gasteiger partial charge < -0.3 is 4.74 Å². The van der Waals surface area contributed by atoms with Gasteiger partial charge in [-0.25, -0.2) is 0 Å². The van der Waals surface area contributed by atoms with Gasteiger partial charge in [0.05, 0.1) is 0 Å². The highest BCUT2D eigenvalue weighted by molar-refractivity contribution is 6.30. The zero-order valence-electron chi connectivity index (χ0n) is 10.9. The minimum absolute atomic E-state index is 0.446. The molecule has 0 amide bonds. The standard InChI is InChI=1S/C16H17ClO/c1-12-4-6-13(7-5-12)16(2,18-3)14-8-10-15(17)11-9-14/h4-11H,1-3H3. The van der Waals surface area contributed by atoms with E-state index in [9.17, 15) is 0 Å². The van der Waals surface area contributed by atoms with E-state index in [0.29, 0.717) is 0 Å². The SMILES string of the molecule is COC(C)(c1ccc(C)cc1)c1ccc(Cl)cc1. The van der Waals surface area contributed by atoms with Crippen molar-refractivity contribution in [3.8, 4) is 0 Å². The molecular weight excluding hydrogens is 244 g/mol. The predicted octanol–water partition coefficient (Wildman–Crippen LogP) is 4.56. The number of hydrogen-bond donors (Lipinski definition) is 0. The molecule has 2 heteroatoms. The second-order valence-corrected chi connectivity index (χ2v) is 5.05. The van der Waals surface area contributed by atoms with Crippen molar-refractivity contribution in [1.29, 1.82) is 0 Å². The van der Waals surface area contributed by atoms with Gasteiger partial charge in [-0.05, 0) is 37.1 Å². The number of ether oxygens (including phenoxy) is 1. The lowest BCUT2D eigenvalue weighted by molar-refractivity contribution is 0.0391. The van der Waals surface area contributed by atoms with E-state index in [4.69, 9.17) is 16.3 Å². The fraction of sp³-hybridized carbons (Fsp3) is 0.250. The van der Waals surface area contributed by atoms with Crippen LogP contribution in [0.15, 0.2) is 48.5 Å². The first kappa shape index (κ1) is 13.1. The third kappa shape index (κ3) is 2.43. The van der Waals surface area contributed by atoms with Crippen molar-refractivity contribution in [2.24, 2.45) is 0 Å². The third-order valence-electron chi connectivity index (χ3n) is 3.41. The first-order valence-electron chi connectivity index (χ1n) is 5.94. The quantitative estimate of drug-likeness (QED) is 0.786. The van der Waals surface area contributed by atoms with E-state index >= 15 is 0 Å². The minimum atomic E-state index is -0.446. The molecule has 1 unspecified atom stereocenters. The molecule has 0 aromatic heterocycles. The second-order valence-electron chi connectivity index (χ2n) is 4.61. The van der Waals surface area contributed by atoms with Crippen molar-refractivity contribution in [2.75, 3.05) is 7.11 Å². The molecule has 0 aliphatic heterocycles. The van der Waals surface area contributed by atoms with Crippen molar-refractivity contribution in [2.45, 2.75) is 19.4 Å². The first-order valence-corrected chi connectivity index (χ1v) is 6.32. The molecular formula is C16H17ClO. The topological polar surface area (TPSA) is 9.23 Å². The average Bonchev–Trinajstić information content (AvgIpc) is 2.39. The van der Waals surface area contributed by atoms with E-state index in [1.165, 1.54) is 5.56 Å². The number of rotatable bonds is 3. The Morgan fingerprint density at radius 1 is 0.889 bits per heavy atom. The summed E-state index contributed by atoms with van der Waals surface area (Å²) in [5.74, 6) is 0. The summed E-state index contributed by atoms with van der Waals surface area (Å²) in [6, 6.07) is 16.2. The van der Waals surface area contributed by atoms with Gasteiger partial charge in [-0.15, -0.1) is 0 Å². The Morgan fingerprint density at radius 2 is 1.33 bits per heavy atom. The van der Waals surface area contributed by atoms with Gasteiger partial charge in [-0.2, -0.15) is 0 Å². The molecule has 18 heavy (non-hydrogen) atoms. The average molecular weight is 261 g/mol. The number of halogens is 1. The molecule has 1 nitrogen and oxygen atoms in total. The molecule has 0 aliphatic carbocycles. The van der Waals surface area contributed by atoms with Crippen LogP contribution < -0.4 is 0 Å². The van der Waals surface area contributed by atoms with Crippen molar-refractivity contribution in [3.63, 3.8) is 0 Å². The number of benzene rings is 2. The Kier molecular flexibility index (Phi) is 3.74. The Morgan fingerprint density at radius 3 is 1.78 bits per heavy atom. The summed E-state index contributed by atoms with van der Waals surface area (Å²) in [6.07, 6.45) is 0. The highest BCUT2D eigenvalue weighted by atomic mass is 35.5. The molecule has 0 aliphatic rings. The van der Waals surface area contributed by atoms with E-state index in [1.807, 2.05) is 24.3 Å². The fourth-order valence-corrected chi connectivity index (χ4v) is 2.17. The van der Waals surface area contributed by atoms with Crippen LogP contribution in [0.5, 0.6) is 0 Å². The van der Waals surface area contributed by atoms with Crippen LogP contribution in [-0.2, 0) is 10.3 Å². The summed E-state index contributed by atoms with van der Waals surface area (Å²) in [5.41, 5.74) is 3.03. The van der Waals surface area contributed by atoms with E-state index in [2.05, 4.69) is 38.1 Å². The maximum absolute atomic E-state index is 5.93. The summed E-state index contributed by atoms with van der Waals surface area (Å²) in [5, 5.41) is 0.737. The van der Waals surface area contributed by atoms with Gasteiger partial charge in [-0.3, -0.25) is 0 Å². The highest BCUT2D eigenvalue weighted by Crippen LogP contribution is 2.33. The highest BCUT2D eigenvalue weighted by Gasteiger charge is 2.28. The van der Waals surface area contributed by atoms with Crippen LogP contribution in [0, 0.1) is 6.92 Å². The van der Waals surface area contributed by atoms with Crippen molar-refractivity contribution >= 4 is 11.6 Å². The number of methoxy groups -OCH3 is 1. The Hall–Kier alpha value is -1.31. The van der Waals surface area contributed by atoms with Crippen molar-refractivity contribution in [1.82, 2.24) is 0 Å². The van der Waals surface area contributed by atoms with E-state index in [0.717, 1.165) is 16.1 Å². The maximum Gasteiger partial charge on any atom is 0.115 e. The third-order valence-corrected chi connectivity index (χ3v) is 3.66. The molecule has 0 radical (unpaired) electrons. The molecule has 2 aromatic rings. The summed E-state index contributed by atoms with van der Waals surface area (Å²) < 4.78 is 5.75. The smallest absolute Gasteiger partial charge is 0.115 e. The Labute approximate surface area is 113 Å². The first-order chi connectivity index (χ1) is 8.56. The van der Waals surface area contributed by atoms with Crippen LogP contribution >= 0.6 is 11.6 Å². The minimum Gasteiger partial charge on any atom is -0.369 e. The fourth-order valence-electron chi connectivity index (χ4n) is 2.04. The van der Waals surface area contributed by atoms with Gasteiger partial charge >= 0.3 is 0 Å². The van der Waals surface area contributed by atoms with Crippen molar-refractivity contribution in [3.05, 3.63) is 70.2 Å². The molecule has 0 spiro atoms. The lowest BCUT2D eigenvalue weighted by Gasteiger charge is -2.29. The molecule has 0 saturated carbocycles. The van der Waals surface area contributed by atoms with E-state index < -0.39 is 5.60 Å². The van der Waals surface area contributed by atoms with Gasteiger partial charge in [0.15, 0.2) is 0 Å². The van der Waals surface area contributed by atoms with Crippen LogP contribution in [-0.4, -0.2) is 7.11 Å². The van der Waals surface area contributed by atoms with Crippen molar-refractivity contribution < 1.29 is 4.74 Å². The summed E-state index contributed by atoms with van der Waals surface area (Å²) in [4.78, 5) is 0. The van der Waals surface area contributed by atoms with Crippen LogP contribution in [0.25, 0.3) is 0 Å².